The van der Waals surface area contributed by atoms with Crippen LogP contribution in [0, 0.1) is 5.92 Å². The van der Waals surface area contributed by atoms with E-state index >= 15 is 0 Å². The molecule has 0 bridgehead atoms. The van der Waals surface area contributed by atoms with Crippen LogP contribution in [0.15, 0.2) is 16.7 Å². The summed E-state index contributed by atoms with van der Waals surface area (Å²) in [5.74, 6) is 1.47. The van der Waals surface area contributed by atoms with Crippen LogP contribution in [-0.2, 0) is 6.54 Å². The van der Waals surface area contributed by atoms with E-state index in [1.165, 1.54) is 31.9 Å². The van der Waals surface area contributed by atoms with Gasteiger partial charge in [0.15, 0.2) is 0 Å². The fourth-order valence-corrected chi connectivity index (χ4v) is 2.88. The molecule has 0 atom stereocenters. The molecule has 1 aliphatic carbocycles. The third-order valence-corrected chi connectivity index (χ3v) is 4.00. The van der Waals surface area contributed by atoms with Crippen LogP contribution < -0.4 is 11.1 Å². The van der Waals surface area contributed by atoms with Crippen molar-refractivity contribution in [2.45, 2.75) is 58.0 Å². The van der Waals surface area contributed by atoms with Crippen molar-refractivity contribution in [3.05, 3.63) is 23.7 Å². The lowest BCUT2D eigenvalue weighted by molar-refractivity contribution is 0.0920. The summed E-state index contributed by atoms with van der Waals surface area (Å²) in [7, 11) is 0. The molecule has 0 aromatic carbocycles. The second kappa shape index (κ2) is 8.32. The molecule has 1 aromatic heterocycles. The Bertz CT molecular complexity index is 412. The van der Waals surface area contributed by atoms with Gasteiger partial charge in [0.25, 0.3) is 5.91 Å². The molecule has 1 saturated carbocycles. The highest BCUT2D eigenvalue weighted by Gasteiger charge is 2.22. The Morgan fingerprint density at radius 2 is 2.10 bits per heavy atom. The average molecular weight is 301 g/mol. The third-order valence-electron chi connectivity index (χ3n) is 4.00. The topological polar surface area (TPSA) is 68.3 Å². The van der Waals surface area contributed by atoms with Crippen molar-refractivity contribution in [3.8, 4) is 0 Å². The summed E-state index contributed by atoms with van der Waals surface area (Å²) in [6, 6.07) is 2.04. The van der Waals surface area contributed by atoms with E-state index in [0.717, 1.165) is 18.8 Å². The molecule has 1 fully saturated rings. The molecular formula is C15H25ClN2O2. The fourth-order valence-electron chi connectivity index (χ4n) is 2.88. The number of carbonyl (C=O) groups is 1. The van der Waals surface area contributed by atoms with E-state index in [1.54, 1.807) is 6.07 Å². The van der Waals surface area contributed by atoms with Gasteiger partial charge in [-0.2, -0.15) is 0 Å². The standard InChI is InChI=1S/C15H24N2O2.ClH/c1-2-3-11-4-6-13(7-5-11)17-15(18)12-8-14(9-16)19-10-12;/h8,10-11,13H,2-7,9,16H2,1H3,(H,17,18);1H. The van der Waals surface area contributed by atoms with Gasteiger partial charge in [-0.05, 0) is 37.7 Å². The van der Waals surface area contributed by atoms with Crippen LogP contribution in [-0.4, -0.2) is 11.9 Å². The zero-order chi connectivity index (χ0) is 13.7. The average Bonchev–Trinajstić information content (AvgIpc) is 2.90. The van der Waals surface area contributed by atoms with Gasteiger partial charge in [0.2, 0.25) is 0 Å². The second-order valence-electron chi connectivity index (χ2n) is 5.49. The van der Waals surface area contributed by atoms with E-state index in [4.69, 9.17) is 10.2 Å². The van der Waals surface area contributed by atoms with E-state index in [9.17, 15) is 4.79 Å². The largest absolute Gasteiger partial charge is 0.467 e. The first kappa shape index (κ1) is 17.1. The van der Waals surface area contributed by atoms with Crippen LogP contribution >= 0.6 is 12.4 Å². The Morgan fingerprint density at radius 1 is 1.40 bits per heavy atom. The van der Waals surface area contributed by atoms with Gasteiger partial charge >= 0.3 is 0 Å². The van der Waals surface area contributed by atoms with Gasteiger partial charge in [0.1, 0.15) is 12.0 Å². The van der Waals surface area contributed by atoms with Gasteiger partial charge < -0.3 is 15.5 Å². The number of rotatable bonds is 5. The normalized spacial score (nSPS) is 22.1. The summed E-state index contributed by atoms with van der Waals surface area (Å²) in [5, 5.41) is 3.10. The van der Waals surface area contributed by atoms with Crippen molar-refractivity contribution < 1.29 is 9.21 Å². The van der Waals surface area contributed by atoms with Crippen molar-refractivity contribution in [3.63, 3.8) is 0 Å². The molecule has 114 valence electrons. The number of hydrogen-bond acceptors (Lipinski definition) is 3. The molecule has 4 nitrogen and oxygen atoms in total. The van der Waals surface area contributed by atoms with Crippen molar-refractivity contribution in [2.24, 2.45) is 11.7 Å². The zero-order valence-corrected chi connectivity index (χ0v) is 12.9. The number of amides is 1. The van der Waals surface area contributed by atoms with Crippen LogP contribution in [0.5, 0.6) is 0 Å². The molecule has 0 saturated heterocycles. The van der Waals surface area contributed by atoms with Gasteiger partial charge in [-0.3, -0.25) is 4.79 Å². The zero-order valence-electron chi connectivity index (χ0n) is 12.1. The third kappa shape index (κ3) is 4.53. The molecule has 1 aliphatic rings. The van der Waals surface area contributed by atoms with E-state index < -0.39 is 0 Å². The Kier molecular flexibility index (Phi) is 7.10. The number of nitrogens with two attached hydrogens (primary N) is 1. The molecule has 20 heavy (non-hydrogen) atoms. The van der Waals surface area contributed by atoms with E-state index in [0.29, 0.717) is 23.9 Å². The molecule has 3 N–H and O–H groups in total. The Balaban J connectivity index is 0.00000200. The Morgan fingerprint density at radius 3 is 2.65 bits per heavy atom. The first-order chi connectivity index (χ1) is 9.22. The minimum absolute atomic E-state index is 0. The molecular weight excluding hydrogens is 276 g/mol. The van der Waals surface area contributed by atoms with Crippen LogP contribution in [0.25, 0.3) is 0 Å². The van der Waals surface area contributed by atoms with Crippen LogP contribution in [0.2, 0.25) is 0 Å². The molecule has 0 spiro atoms. The molecule has 1 aromatic rings. The lowest BCUT2D eigenvalue weighted by Crippen LogP contribution is -2.37. The molecule has 0 radical (unpaired) electrons. The predicted molar refractivity (Wildman–Crippen MR) is 82.0 cm³/mol. The Hall–Kier alpha value is -1.00. The van der Waals surface area contributed by atoms with E-state index in [-0.39, 0.29) is 18.3 Å². The maximum Gasteiger partial charge on any atom is 0.254 e. The summed E-state index contributed by atoms with van der Waals surface area (Å²) in [6.45, 7) is 2.57. The smallest absolute Gasteiger partial charge is 0.254 e. The number of hydrogen-bond donors (Lipinski definition) is 2. The monoisotopic (exact) mass is 300 g/mol. The van der Waals surface area contributed by atoms with Crippen molar-refractivity contribution in [1.29, 1.82) is 0 Å². The minimum atomic E-state index is -0.0395. The van der Waals surface area contributed by atoms with Crippen molar-refractivity contribution >= 4 is 18.3 Å². The summed E-state index contributed by atoms with van der Waals surface area (Å²) in [4.78, 5) is 12.0. The van der Waals surface area contributed by atoms with Crippen LogP contribution in [0.4, 0.5) is 0 Å². The molecule has 5 heteroatoms. The SMILES string of the molecule is CCCC1CCC(NC(=O)c2coc(CN)c2)CC1.Cl. The van der Waals surface area contributed by atoms with Crippen LogP contribution in [0.1, 0.15) is 61.6 Å². The maximum atomic E-state index is 12.0. The summed E-state index contributed by atoms with van der Waals surface area (Å²) >= 11 is 0. The predicted octanol–water partition coefficient (Wildman–Crippen LogP) is 3.25. The van der Waals surface area contributed by atoms with Gasteiger partial charge in [0.05, 0.1) is 12.1 Å². The lowest BCUT2D eigenvalue weighted by atomic mass is 9.83. The highest BCUT2D eigenvalue weighted by molar-refractivity contribution is 5.94. The molecule has 2 rings (SSSR count). The number of nitrogens with one attached hydrogen (secondary N) is 1. The quantitative estimate of drug-likeness (QED) is 0.877. The molecule has 0 unspecified atom stereocenters. The van der Waals surface area contributed by atoms with Gasteiger partial charge in [-0.25, -0.2) is 0 Å². The van der Waals surface area contributed by atoms with Crippen LogP contribution in [0.3, 0.4) is 0 Å². The lowest BCUT2D eigenvalue weighted by Gasteiger charge is -2.28. The maximum absolute atomic E-state index is 12.0. The number of carbonyl (C=O) groups excluding carboxylic acids is 1. The Labute approximate surface area is 126 Å². The molecule has 0 aliphatic heterocycles. The highest BCUT2D eigenvalue weighted by atomic mass is 35.5. The highest BCUT2D eigenvalue weighted by Crippen LogP contribution is 2.27. The first-order valence-electron chi connectivity index (χ1n) is 7.31. The summed E-state index contributed by atoms with van der Waals surface area (Å²) in [5.41, 5.74) is 6.05. The first-order valence-corrected chi connectivity index (χ1v) is 7.31. The minimum Gasteiger partial charge on any atom is -0.467 e. The van der Waals surface area contributed by atoms with E-state index in [1.807, 2.05) is 0 Å². The number of halogens is 1. The van der Waals surface area contributed by atoms with Gasteiger partial charge in [0, 0.05) is 6.04 Å². The molecule has 1 heterocycles. The van der Waals surface area contributed by atoms with Crippen molar-refractivity contribution in [2.75, 3.05) is 0 Å². The number of furan rings is 1. The molecule has 1 amide bonds. The van der Waals surface area contributed by atoms with Gasteiger partial charge in [-0.1, -0.05) is 19.8 Å². The van der Waals surface area contributed by atoms with Crippen molar-refractivity contribution in [1.82, 2.24) is 5.32 Å². The fraction of sp³-hybridized carbons (Fsp3) is 0.667. The second-order valence-corrected chi connectivity index (χ2v) is 5.49. The summed E-state index contributed by atoms with van der Waals surface area (Å²) < 4.78 is 5.19. The summed E-state index contributed by atoms with van der Waals surface area (Å²) in [6.07, 6.45) is 8.73. The van der Waals surface area contributed by atoms with E-state index in [2.05, 4.69) is 12.2 Å². The van der Waals surface area contributed by atoms with Gasteiger partial charge in [-0.15, -0.1) is 12.4 Å².